The van der Waals surface area contributed by atoms with Gasteiger partial charge in [0.15, 0.2) is 0 Å². The SMILES string of the molecule is O=C(NC1CCCNC1)c1cc(C2CC2)nc2ccccc12. The molecule has 1 amide bonds. The summed E-state index contributed by atoms with van der Waals surface area (Å²) in [5.41, 5.74) is 2.78. The zero-order chi connectivity index (χ0) is 14.9. The maximum atomic E-state index is 12.8. The van der Waals surface area contributed by atoms with Crippen molar-refractivity contribution in [1.29, 1.82) is 0 Å². The van der Waals surface area contributed by atoms with Crippen LogP contribution in [0.1, 0.15) is 47.7 Å². The van der Waals surface area contributed by atoms with E-state index in [1.54, 1.807) is 0 Å². The van der Waals surface area contributed by atoms with Crippen LogP contribution in [-0.2, 0) is 0 Å². The van der Waals surface area contributed by atoms with E-state index in [0.717, 1.165) is 48.1 Å². The second-order valence-corrected chi connectivity index (χ2v) is 6.40. The second kappa shape index (κ2) is 5.69. The Morgan fingerprint density at radius 3 is 2.86 bits per heavy atom. The van der Waals surface area contributed by atoms with Crippen LogP contribution in [0.3, 0.4) is 0 Å². The van der Waals surface area contributed by atoms with Crippen molar-refractivity contribution in [3.8, 4) is 0 Å². The van der Waals surface area contributed by atoms with Crippen LogP contribution in [0.25, 0.3) is 10.9 Å². The number of hydrogen-bond acceptors (Lipinski definition) is 3. The highest BCUT2D eigenvalue weighted by Crippen LogP contribution is 2.40. The first-order valence-corrected chi connectivity index (χ1v) is 8.22. The Bertz CT molecular complexity index is 703. The van der Waals surface area contributed by atoms with Gasteiger partial charge in [-0.3, -0.25) is 9.78 Å². The molecule has 1 aromatic heterocycles. The fraction of sp³-hybridized carbons (Fsp3) is 0.444. The lowest BCUT2D eigenvalue weighted by atomic mass is 10.0. The van der Waals surface area contributed by atoms with Gasteiger partial charge in [0, 0.05) is 29.6 Å². The van der Waals surface area contributed by atoms with Crippen molar-refractivity contribution < 1.29 is 4.79 Å². The third-order valence-corrected chi connectivity index (χ3v) is 4.61. The highest BCUT2D eigenvalue weighted by Gasteiger charge is 2.27. The molecule has 4 rings (SSSR count). The van der Waals surface area contributed by atoms with Crippen LogP contribution in [0.2, 0.25) is 0 Å². The molecule has 2 fully saturated rings. The summed E-state index contributed by atoms with van der Waals surface area (Å²) >= 11 is 0. The summed E-state index contributed by atoms with van der Waals surface area (Å²) < 4.78 is 0. The molecule has 2 aromatic rings. The first kappa shape index (κ1) is 13.7. The van der Waals surface area contributed by atoms with Gasteiger partial charge in [-0.2, -0.15) is 0 Å². The van der Waals surface area contributed by atoms with Crippen molar-refractivity contribution in [2.45, 2.75) is 37.6 Å². The zero-order valence-corrected chi connectivity index (χ0v) is 12.6. The third-order valence-electron chi connectivity index (χ3n) is 4.61. The summed E-state index contributed by atoms with van der Waals surface area (Å²) in [5, 5.41) is 7.48. The highest BCUT2D eigenvalue weighted by atomic mass is 16.1. The van der Waals surface area contributed by atoms with Crippen LogP contribution in [0.4, 0.5) is 0 Å². The number of rotatable bonds is 3. The molecule has 1 aromatic carbocycles. The summed E-state index contributed by atoms with van der Waals surface area (Å²) in [4.78, 5) is 17.5. The minimum absolute atomic E-state index is 0.0363. The van der Waals surface area contributed by atoms with E-state index < -0.39 is 0 Å². The van der Waals surface area contributed by atoms with E-state index in [1.807, 2.05) is 30.3 Å². The number of benzene rings is 1. The van der Waals surface area contributed by atoms with Crippen molar-refractivity contribution >= 4 is 16.8 Å². The largest absolute Gasteiger partial charge is 0.348 e. The molecule has 2 aliphatic rings. The molecule has 22 heavy (non-hydrogen) atoms. The Hall–Kier alpha value is -1.94. The van der Waals surface area contributed by atoms with E-state index in [0.29, 0.717) is 5.92 Å². The van der Waals surface area contributed by atoms with E-state index >= 15 is 0 Å². The Morgan fingerprint density at radius 2 is 2.09 bits per heavy atom. The van der Waals surface area contributed by atoms with Gasteiger partial charge in [-0.15, -0.1) is 0 Å². The number of amides is 1. The van der Waals surface area contributed by atoms with Crippen LogP contribution >= 0.6 is 0 Å². The van der Waals surface area contributed by atoms with Gasteiger partial charge in [0.25, 0.3) is 5.91 Å². The van der Waals surface area contributed by atoms with E-state index in [1.165, 1.54) is 12.8 Å². The Labute approximate surface area is 130 Å². The molecule has 1 aliphatic carbocycles. The lowest BCUT2D eigenvalue weighted by Gasteiger charge is -2.24. The number of pyridine rings is 1. The second-order valence-electron chi connectivity index (χ2n) is 6.40. The fourth-order valence-corrected chi connectivity index (χ4v) is 3.21. The number of piperidine rings is 1. The van der Waals surface area contributed by atoms with E-state index in [9.17, 15) is 4.79 Å². The van der Waals surface area contributed by atoms with Gasteiger partial charge < -0.3 is 10.6 Å². The maximum Gasteiger partial charge on any atom is 0.252 e. The average Bonchev–Trinajstić information content (AvgIpc) is 3.39. The molecule has 0 spiro atoms. The van der Waals surface area contributed by atoms with Crippen LogP contribution < -0.4 is 10.6 Å². The van der Waals surface area contributed by atoms with Crippen LogP contribution in [0, 0.1) is 0 Å². The Balaban J connectivity index is 1.67. The first-order valence-electron chi connectivity index (χ1n) is 8.22. The van der Waals surface area contributed by atoms with Gasteiger partial charge >= 0.3 is 0 Å². The lowest BCUT2D eigenvalue weighted by molar-refractivity contribution is 0.0932. The van der Waals surface area contributed by atoms with Gasteiger partial charge in [-0.1, -0.05) is 18.2 Å². The first-order chi connectivity index (χ1) is 10.8. The Morgan fingerprint density at radius 1 is 1.23 bits per heavy atom. The number of nitrogens with one attached hydrogen (secondary N) is 2. The van der Waals surface area contributed by atoms with E-state index in [-0.39, 0.29) is 11.9 Å². The Kier molecular flexibility index (Phi) is 3.54. The number of carbonyl (C=O) groups excluding carboxylic acids is 1. The van der Waals surface area contributed by atoms with Crippen molar-refractivity contribution in [1.82, 2.24) is 15.6 Å². The molecule has 2 N–H and O–H groups in total. The molecule has 1 atom stereocenters. The third kappa shape index (κ3) is 2.71. The number of hydrogen-bond donors (Lipinski definition) is 2. The van der Waals surface area contributed by atoms with E-state index in [4.69, 9.17) is 4.98 Å². The summed E-state index contributed by atoms with van der Waals surface area (Å²) in [6.07, 6.45) is 4.56. The number of aromatic nitrogens is 1. The summed E-state index contributed by atoms with van der Waals surface area (Å²) in [5.74, 6) is 0.585. The summed E-state index contributed by atoms with van der Waals surface area (Å²) in [6.45, 7) is 1.92. The molecule has 4 heteroatoms. The zero-order valence-electron chi connectivity index (χ0n) is 12.6. The molecule has 1 saturated carbocycles. The lowest BCUT2D eigenvalue weighted by Crippen LogP contribution is -2.45. The topological polar surface area (TPSA) is 54.0 Å². The van der Waals surface area contributed by atoms with Crippen molar-refractivity contribution in [3.63, 3.8) is 0 Å². The predicted molar refractivity (Wildman–Crippen MR) is 87.1 cm³/mol. The normalized spacial score (nSPS) is 21.7. The minimum atomic E-state index is 0.0363. The van der Waals surface area contributed by atoms with Crippen LogP contribution in [0.15, 0.2) is 30.3 Å². The molecule has 1 aliphatic heterocycles. The van der Waals surface area contributed by atoms with Gasteiger partial charge in [-0.05, 0) is 44.4 Å². The number of carbonyl (C=O) groups is 1. The quantitative estimate of drug-likeness (QED) is 0.915. The summed E-state index contributed by atoms with van der Waals surface area (Å²) in [7, 11) is 0. The average molecular weight is 295 g/mol. The monoisotopic (exact) mass is 295 g/mol. The maximum absolute atomic E-state index is 12.8. The van der Waals surface area contributed by atoms with Crippen molar-refractivity contribution in [2.75, 3.05) is 13.1 Å². The molecule has 0 radical (unpaired) electrons. The molecule has 1 saturated heterocycles. The van der Waals surface area contributed by atoms with Crippen molar-refractivity contribution in [3.05, 3.63) is 41.6 Å². The van der Waals surface area contributed by atoms with Crippen molar-refractivity contribution in [2.24, 2.45) is 0 Å². The van der Waals surface area contributed by atoms with Crippen LogP contribution in [-0.4, -0.2) is 30.0 Å². The van der Waals surface area contributed by atoms with Gasteiger partial charge in [0.05, 0.1) is 11.1 Å². The molecule has 2 heterocycles. The number of para-hydroxylation sites is 1. The molecule has 4 nitrogen and oxygen atoms in total. The minimum Gasteiger partial charge on any atom is -0.348 e. The highest BCUT2D eigenvalue weighted by molar-refractivity contribution is 6.06. The number of fused-ring (bicyclic) bond motifs is 1. The predicted octanol–water partition coefficient (Wildman–Crippen LogP) is 2.59. The smallest absolute Gasteiger partial charge is 0.252 e. The summed E-state index contributed by atoms with van der Waals surface area (Å²) in [6, 6.07) is 10.2. The number of nitrogens with zero attached hydrogens (tertiary/aromatic N) is 1. The van der Waals surface area contributed by atoms with Gasteiger partial charge in [-0.25, -0.2) is 0 Å². The molecular formula is C18H21N3O. The fourth-order valence-electron chi connectivity index (χ4n) is 3.21. The molecule has 1 unspecified atom stereocenters. The van der Waals surface area contributed by atoms with Gasteiger partial charge in [0.2, 0.25) is 0 Å². The standard InChI is InChI=1S/C18H21N3O/c22-18(20-13-4-3-9-19-11-13)15-10-17(12-7-8-12)21-16-6-2-1-5-14(15)16/h1-2,5-6,10,12-13,19H,3-4,7-9,11H2,(H,20,22). The van der Waals surface area contributed by atoms with E-state index in [2.05, 4.69) is 10.6 Å². The molecule has 0 bridgehead atoms. The van der Waals surface area contributed by atoms with Crippen LogP contribution in [0.5, 0.6) is 0 Å². The molecular weight excluding hydrogens is 274 g/mol. The van der Waals surface area contributed by atoms with Gasteiger partial charge in [0.1, 0.15) is 0 Å². The molecule has 114 valence electrons.